The first-order chi connectivity index (χ1) is 16.2. The first kappa shape index (κ1) is 22.6. The van der Waals surface area contributed by atoms with E-state index in [9.17, 15) is 4.79 Å². The van der Waals surface area contributed by atoms with Crippen molar-refractivity contribution in [2.75, 3.05) is 39.8 Å². The van der Waals surface area contributed by atoms with Crippen LogP contribution in [-0.4, -0.2) is 56.6 Å². The predicted octanol–water partition coefficient (Wildman–Crippen LogP) is 3.47. The number of nitrogens with zero attached hydrogens (tertiary/aromatic N) is 2. The monoisotopic (exact) mass is 444 g/mol. The summed E-state index contributed by atoms with van der Waals surface area (Å²) in [5, 5.41) is 8.94. The number of ether oxygens (including phenoxy) is 1. The normalized spacial score (nSPS) is 16.3. The highest BCUT2D eigenvalue weighted by Crippen LogP contribution is 2.24. The number of hydrogen-bond donors (Lipinski definition) is 2. The minimum Gasteiger partial charge on any atom is -0.491 e. The van der Waals surface area contributed by atoms with Crippen LogP contribution in [0.4, 0.5) is 0 Å². The van der Waals surface area contributed by atoms with Crippen molar-refractivity contribution >= 4 is 22.6 Å². The van der Waals surface area contributed by atoms with Crippen LogP contribution in [0.15, 0.2) is 77.8 Å². The van der Waals surface area contributed by atoms with Crippen LogP contribution in [0, 0.1) is 5.92 Å². The summed E-state index contributed by atoms with van der Waals surface area (Å²) in [7, 11) is 1.76. The third-order valence-electron chi connectivity index (χ3n) is 5.99. The van der Waals surface area contributed by atoms with E-state index in [1.165, 1.54) is 10.9 Å². The Balaban J connectivity index is 1.17. The van der Waals surface area contributed by atoms with E-state index >= 15 is 0 Å². The number of carbonyl (C=O) groups is 1. The third-order valence-corrected chi connectivity index (χ3v) is 5.99. The van der Waals surface area contributed by atoms with E-state index in [1.807, 2.05) is 47.4 Å². The molecule has 3 aromatic carbocycles. The van der Waals surface area contributed by atoms with Gasteiger partial charge in [-0.3, -0.25) is 9.79 Å². The van der Waals surface area contributed by atoms with E-state index in [1.54, 1.807) is 7.05 Å². The molecular formula is C27H32N4O2. The average Bonchev–Trinajstić information content (AvgIpc) is 3.22. The van der Waals surface area contributed by atoms with Crippen LogP contribution in [0.3, 0.4) is 0 Å². The zero-order chi connectivity index (χ0) is 22.9. The molecule has 1 unspecified atom stereocenters. The summed E-state index contributed by atoms with van der Waals surface area (Å²) in [5.41, 5.74) is 1.27. The van der Waals surface area contributed by atoms with Gasteiger partial charge in [-0.1, -0.05) is 66.7 Å². The maximum absolute atomic E-state index is 12.4. The molecule has 1 aliphatic heterocycles. The lowest BCUT2D eigenvalue weighted by molar-refractivity contribution is -0.127. The van der Waals surface area contributed by atoms with Gasteiger partial charge in [0.05, 0.1) is 6.54 Å². The first-order valence-corrected chi connectivity index (χ1v) is 11.6. The van der Waals surface area contributed by atoms with Crippen LogP contribution in [0.5, 0.6) is 5.75 Å². The van der Waals surface area contributed by atoms with Gasteiger partial charge in [-0.25, -0.2) is 0 Å². The van der Waals surface area contributed by atoms with E-state index in [4.69, 9.17) is 4.74 Å². The number of likely N-dealkylation sites (tertiary alicyclic amines) is 1. The highest BCUT2D eigenvalue weighted by Gasteiger charge is 2.29. The summed E-state index contributed by atoms with van der Waals surface area (Å²) >= 11 is 0. The summed E-state index contributed by atoms with van der Waals surface area (Å²) in [6, 6.07) is 24.6. The van der Waals surface area contributed by atoms with Crippen molar-refractivity contribution < 1.29 is 9.53 Å². The van der Waals surface area contributed by atoms with Gasteiger partial charge in [-0.2, -0.15) is 0 Å². The van der Waals surface area contributed by atoms with E-state index in [0.717, 1.165) is 43.2 Å². The van der Waals surface area contributed by atoms with Gasteiger partial charge >= 0.3 is 0 Å². The zero-order valence-electron chi connectivity index (χ0n) is 19.2. The fourth-order valence-electron chi connectivity index (χ4n) is 4.23. The van der Waals surface area contributed by atoms with Crippen LogP contribution in [0.2, 0.25) is 0 Å². The molecule has 0 aliphatic carbocycles. The quantitative estimate of drug-likeness (QED) is 0.301. The lowest BCUT2D eigenvalue weighted by atomic mass is 10.1. The number of aliphatic imine (C=N–C) groups is 1. The maximum Gasteiger partial charge on any atom is 0.223 e. The smallest absolute Gasteiger partial charge is 0.223 e. The van der Waals surface area contributed by atoms with E-state index in [2.05, 4.69) is 46.0 Å². The molecule has 3 aromatic rings. The zero-order valence-corrected chi connectivity index (χ0v) is 19.2. The standard InChI is InChI=1S/C27H32N4O2/c1-28-27(29-15-17-33-25-13-7-11-23-10-5-6-12-24(23)25)30-19-22-18-26(32)31(20-22)16-14-21-8-3-2-4-9-21/h2-13,22H,14-20H2,1H3,(H2,28,29,30). The number of nitrogens with one attached hydrogen (secondary N) is 2. The van der Waals surface area contributed by atoms with Crippen LogP contribution >= 0.6 is 0 Å². The Morgan fingerprint density at radius 3 is 2.67 bits per heavy atom. The number of rotatable bonds is 9. The molecule has 4 rings (SSSR count). The average molecular weight is 445 g/mol. The molecule has 0 spiro atoms. The minimum absolute atomic E-state index is 0.240. The summed E-state index contributed by atoms with van der Waals surface area (Å²) in [4.78, 5) is 18.7. The van der Waals surface area contributed by atoms with Crippen molar-refractivity contribution in [1.29, 1.82) is 0 Å². The third kappa shape index (κ3) is 6.25. The predicted molar refractivity (Wildman–Crippen MR) is 134 cm³/mol. The molecule has 1 amide bonds. The van der Waals surface area contributed by atoms with Crippen molar-refractivity contribution in [1.82, 2.24) is 15.5 Å². The number of hydrogen-bond acceptors (Lipinski definition) is 3. The molecule has 0 aromatic heterocycles. The largest absolute Gasteiger partial charge is 0.491 e. The second kappa shape index (κ2) is 11.4. The van der Waals surface area contributed by atoms with Gasteiger partial charge in [0.2, 0.25) is 5.91 Å². The van der Waals surface area contributed by atoms with Gasteiger partial charge in [0, 0.05) is 44.4 Å². The summed E-state index contributed by atoms with van der Waals surface area (Å²) < 4.78 is 5.99. The molecule has 33 heavy (non-hydrogen) atoms. The first-order valence-electron chi connectivity index (χ1n) is 11.6. The summed E-state index contributed by atoms with van der Waals surface area (Å²) in [5.74, 6) is 2.15. The van der Waals surface area contributed by atoms with Gasteiger partial charge in [-0.05, 0) is 23.4 Å². The van der Waals surface area contributed by atoms with Gasteiger partial charge < -0.3 is 20.3 Å². The van der Waals surface area contributed by atoms with Crippen molar-refractivity contribution in [3.05, 3.63) is 78.4 Å². The minimum atomic E-state index is 0.240. The Morgan fingerprint density at radius 1 is 1.03 bits per heavy atom. The Hall–Kier alpha value is -3.54. The van der Waals surface area contributed by atoms with Crippen LogP contribution < -0.4 is 15.4 Å². The second-order valence-electron chi connectivity index (χ2n) is 8.35. The number of carbonyl (C=O) groups excluding carboxylic acids is 1. The molecule has 1 heterocycles. The summed E-state index contributed by atoms with van der Waals surface area (Å²) in [6.07, 6.45) is 1.48. The van der Waals surface area contributed by atoms with Crippen LogP contribution in [0.25, 0.3) is 10.8 Å². The molecule has 6 nitrogen and oxygen atoms in total. The molecule has 0 saturated carbocycles. The fraction of sp³-hybridized carbons (Fsp3) is 0.333. The number of fused-ring (bicyclic) bond motifs is 1. The van der Waals surface area contributed by atoms with Crippen molar-refractivity contribution in [3.8, 4) is 5.75 Å². The molecule has 1 fully saturated rings. The van der Waals surface area contributed by atoms with Gasteiger partial charge in [0.1, 0.15) is 12.4 Å². The molecule has 1 aliphatic rings. The summed E-state index contributed by atoms with van der Waals surface area (Å²) in [6.45, 7) is 3.45. The van der Waals surface area contributed by atoms with E-state index in [-0.39, 0.29) is 5.91 Å². The highest BCUT2D eigenvalue weighted by atomic mass is 16.5. The molecule has 6 heteroatoms. The van der Waals surface area contributed by atoms with Gasteiger partial charge in [0.25, 0.3) is 0 Å². The Labute approximate surface area is 195 Å². The van der Waals surface area contributed by atoms with Crippen LogP contribution in [-0.2, 0) is 11.2 Å². The number of amides is 1. The maximum atomic E-state index is 12.4. The molecule has 172 valence electrons. The van der Waals surface area contributed by atoms with Gasteiger partial charge in [0.15, 0.2) is 5.96 Å². The lowest BCUT2D eigenvalue weighted by Crippen LogP contribution is -2.41. The van der Waals surface area contributed by atoms with Crippen LogP contribution in [0.1, 0.15) is 12.0 Å². The fourth-order valence-corrected chi connectivity index (χ4v) is 4.23. The van der Waals surface area contributed by atoms with Crippen molar-refractivity contribution in [3.63, 3.8) is 0 Å². The van der Waals surface area contributed by atoms with Crippen molar-refractivity contribution in [2.24, 2.45) is 10.9 Å². The topological polar surface area (TPSA) is 66.0 Å². The molecular weight excluding hydrogens is 412 g/mol. The SMILES string of the molecule is CN=C(NCCOc1cccc2ccccc12)NCC1CC(=O)N(CCc2ccccc2)C1. The van der Waals surface area contributed by atoms with E-state index in [0.29, 0.717) is 25.5 Å². The molecule has 1 saturated heterocycles. The number of benzene rings is 3. The lowest BCUT2D eigenvalue weighted by Gasteiger charge is -2.18. The molecule has 1 atom stereocenters. The molecule has 2 N–H and O–H groups in total. The molecule has 0 bridgehead atoms. The van der Waals surface area contributed by atoms with Gasteiger partial charge in [-0.15, -0.1) is 0 Å². The Bertz CT molecular complexity index is 1080. The Morgan fingerprint density at radius 2 is 1.82 bits per heavy atom. The van der Waals surface area contributed by atoms with Crippen molar-refractivity contribution in [2.45, 2.75) is 12.8 Å². The number of guanidine groups is 1. The van der Waals surface area contributed by atoms with E-state index < -0.39 is 0 Å². The Kier molecular flexibility index (Phi) is 7.80. The second-order valence-corrected chi connectivity index (χ2v) is 8.35. The molecule has 0 radical (unpaired) electrons. The highest BCUT2D eigenvalue weighted by molar-refractivity contribution is 5.88.